The molecule has 0 bridgehead atoms. The Morgan fingerprint density at radius 2 is 1.79 bits per heavy atom. The molecule has 0 radical (unpaired) electrons. The van der Waals surface area contributed by atoms with Crippen LogP contribution in [-0.2, 0) is 16.0 Å². The van der Waals surface area contributed by atoms with Gasteiger partial charge in [-0.15, -0.1) is 0 Å². The molecule has 4 amide bonds. The highest BCUT2D eigenvalue weighted by Gasteiger charge is 2.39. The standard InChI is InChI=1S/C21H23N3O5/c1-28-16-9-8-14(12-17(16)29-2)10-11-22-18(25)13-24-20(26)19(23-21(24)27)15-6-4-3-5-7-15/h3-9,12,19H,10-11,13H2,1-2H3,(H,22,25)(H,23,27). The number of carbonyl (C=O) groups excluding carboxylic acids is 3. The van der Waals surface area contributed by atoms with Gasteiger partial charge in [0.05, 0.1) is 14.2 Å². The molecular weight excluding hydrogens is 374 g/mol. The normalized spacial score (nSPS) is 15.8. The van der Waals surface area contributed by atoms with E-state index in [0.29, 0.717) is 30.0 Å². The number of methoxy groups -OCH3 is 2. The van der Waals surface area contributed by atoms with Crippen LogP contribution in [0.4, 0.5) is 4.79 Å². The van der Waals surface area contributed by atoms with Crippen LogP contribution in [0.3, 0.4) is 0 Å². The summed E-state index contributed by atoms with van der Waals surface area (Å²) in [7, 11) is 3.13. The van der Waals surface area contributed by atoms with Crippen LogP contribution in [0.15, 0.2) is 48.5 Å². The van der Waals surface area contributed by atoms with Crippen molar-refractivity contribution in [3.63, 3.8) is 0 Å². The van der Waals surface area contributed by atoms with Crippen LogP contribution >= 0.6 is 0 Å². The lowest BCUT2D eigenvalue weighted by Crippen LogP contribution is -2.41. The number of nitrogens with zero attached hydrogens (tertiary/aromatic N) is 1. The van der Waals surface area contributed by atoms with Crippen molar-refractivity contribution in [1.82, 2.24) is 15.5 Å². The summed E-state index contributed by atoms with van der Waals surface area (Å²) in [5.41, 5.74) is 1.64. The molecule has 0 aromatic heterocycles. The van der Waals surface area contributed by atoms with Crippen LogP contribution in [0.2, 0.25) is 0 Å². The maximum absolute atomic E-state index is 12.5. The van der Waals surface area contributed by atoms with Crippen molar-refractivity contribution >= 4 is 17.8 Å². The average molecular weight is 397 g/mol. The second kappa shape index (κ2) is 9.09. The van der Waals surface area contributed by atoms with E-state index >= 15 is 0 Å². The van der Waals surface area contributed by atoms with Gasteiger partial charge in [-0.3, -0.25) is 14.5 Å². The van der Waals surface area contributed by atoms with Gasteiger partial charge < -0.3 is 20.1 Å². The Labute approximate surface area is 168 Å². The molecule has 8 nitrogen and oxygen atoms in total. The maximum Gasteiger partial charge on any atom is 0.325 e. The Morgan fingerprint density at radius 3 is 2.48 bits per heavy atom. The molecule has 1 aliphatic heterocycles. The molecule has 1 unspecified atom stereocenters. The summed E-state index contributed by atoms with van der Waals surface area (Å²) in [6, 6.07) is 13.1. The third-order valence-corrected chi connectivity index (χ3v) is 4.64. The minimum Gasteiger partial charge on any atom is -0.493 e. The Bertz CT molecular complexity index is 900. The van der Waals surface area contributed by atoms with Crippen molar-refractivity contribution in [2.24, 2.45) is 0 Å². The maximum atomic E-state index is 12.5. The van der Waals surface area contributed by atoms with Gasteiger partial charge in [-0.25, -0.2) is 4.79 Å². The fraction of sp³-hybridized carbons (Fsp3) is 0.286. The van der Waals surface area contributed by atoms with E-state index in [-0.39, 0.29) is 6.54 Å². The molecule has 0 saturated carbocycles. The highest BCUT2D eigenvalue weighted by molar-refractivity contribution is 6.06. The zero-order chi connectivity index (χ0) is 20.8. The topological polar surface area (TPSA) is 97.0 Å². The first kappa shape index (κ1) is 20.2. The Kier molecular flexibility index (Phi) is 6.33. The van der Waals surface area contributed by atoms with Crippen molar-refractivity contribution in [3.05, 3.63) is 59.7 Å². The molecule has 1 heterocycles. The second-order valence-corrected chi connectivity index (χ2v) is 6.51. The third-order valence-electron chi connectivity index (χ3n) is 4.64. The summed E-state index contributed by atoms with van der Waals surface area (Å²) in [4.78, 5) is 37.8. The number of urea groups is 1. The molecule has 1 atom stereocenters. The lowest BCUT2D eigenvalue weighted by molar-refractivity contribution is -0.132. The van der Waals surface area contributed by atoms with E-state index < -0.39 is 23.9 Å². The van der Waals surface area contributed by atoms with Crippen LogP contribution in [0, 0.1) is 0 Å². The van der Waals surface area contributed by atoms with Crippen LogP contribution in [0.5, 0.6) is 11.5 Å². The molecule has 2 N–H and O–H groups in total. The molecule has 0 aliphatic carbocycles. The van der Waals surface area contributed by atoms with Gasteiger partial charge in [0, 0.05) is 6.54 Å². The largest absolute Gasteiger partial charge is 0.493 e. The smallest absolute Gasteiger partial charge is 0.325 e. The molecule has 3 rings (SSSR count). The fourth-order valence-electron chi connectivity index (χ4n) is 3.12. The average Bonchev–Trinajstić information content (AvgIpc) is 3.02. The predicted molar refractivity (Wildman–Crippen MR) is 106 cm³/mol. The van der Waals surface area contributed by atoms with Crippen molar-refractivity contribution in [1.29, 1.82) is 0 Å². The van der Waals surface area contributed by atoms with Crippen molar-refractivity contribution in [2.75, 3.05) is 27.3 Å². The second-order valence-electron chi connectivity index (χ2n) is 6.51. The van der Waals surface area contributed by atoms with Crippen LogP contribution in [0.1, 0.15) is 17.2 Å². The predicted octanol–water partition coefficient (Wildman–Crippen LogP) is 1.66. The number of nitrogens with one attached hydrogen (secondary N) is 2. The molecule has 1 aliphatic rings. The van der Waals surface area contributed by atoms with Crippen LogP contribution in [-0.4, -0.2) is 50.1 Å². The lowest BCUT2D eigenvalue weighted by Gasteiger charge is -2.13. The summed E-state index contributed by atoms with van der Waals surface area (Å²) in [6.07, 6.45) is 0.568. The quantitative estimate of drug-likeness (QED) is 0.661. The highest BCUT2D eigenvalue weighted by Crippen LogP contribution is 2.27. The molecule has 1 saturated heterocycles. The first-order valence-corrected chi connectivity index (χ1v) is 9.18. The van der Waals surface area contributed by atoms with Gasteiger partial charge in [0.25, 0.3) is 5.91 Å². The fourth-order valence-corrected chi connectivity index (χ4v) is 3.12. The van der Waals surface area contributed by atoms with Gasteiger partial charge in [-0.1, -0.05) is 36.4 Å². The van der Waals surface area contributed by atoms with E-state index in [9.17, 15) is 14.4 Å². The molecular formula is C21H23N3O5. The molecule has 2 aromatic carbocycles. The molecule has 152 valence electrons. The monoisotopic (exact) mass is 397 g/mol. The van der Waals surface area contributed by atoms with E-state index in [1.165, 1.54) is 0 Å². The summed E-state index contributed by atoms with van der Waals surface area (Å²) in [5, 5.41) is 5.35. The van der Waals surface area contributed by atoms with E-state index in [1.54, 1.807) is 44.6 Å². The van der Waals surface area contributed by atoms with Gasteiger partial charge >= 0.3 is 6.03 Å². The Morgan fingerprint density at radius 1 is 1.07 bits per heavy atom. The van der Waals surface area contributed by atoms with Gasteiger partial charge in [0.2, 0.25) is 5.91 Å². The number of carbonyl (C=O) groups is 3. The molecule has 0 spiro atoms. The van der Waals surface area contributed by atoms with Crippen LogP contribution < -0.4 is 20.1 Å². The zero-order valence-corrected chi connectivity index (χ0v) is 16.3. The number of imide groups is 1. The van der Waals surface area contributed by atoms with E-state index in [1.807, 2.05) is 18.2 Å². The SMILES string of the molecule is COc1ccc(CCNC(=O)CN2C(=O)NC(c3ccccc3)C2=O)cc1OC. The van der Waals surface area contributed by atoms with Gasteiger partial charge in [0.1, 0.15) is 12.6 Å². The summed E-state index contributed by atoms with van der Waals surface area (Å²) >= 11 is 0. The van der Waals surface area contributed by atoms with Gasteiger partial charge in [-0.05, 0) is 29.7 Å². The number of ether oxygens (including phenoxy) is 2. The van der Waals surface area contributed by atoms with Gasteiger partial charge in [-0.2, -0.15) is 0 Å². The minimum atomic E-state index is -0.761. The third kappa shape index (κ3) is 4.66. The first-order valence-electron chi connectivity index (χ1n) is 9.18. The summed E-state index contributed by atoms with van der Waals surface area (Å²) < 4.78 is 10.5. The number of hydrogen-bond donors (Lipinski definition) is 2. The van der Waals surface area contributed by atoms with Gasteiger partial charge in [0.15, 0.2) is 11.5 Å². The Hall–Kier alpha value is -3.55. The Balaban J connectivity index is 1.52. The number of rotatable bonds is 8. The minimum absolute atomic E-state index is 0.320. The molecule has 29 heavy (non-hydrogen) atoms. The summed E-state index contributed by atoms with van der Waals surface area (Å²) in [6.45, 7) is 0.0417. The number of hydrogen-bond acceptors (Lipinski definition) is 5. The van der Waals surface area contributed by atoms with Crippen molar-refractivity contribution < 1.29 is 23.9 Å². The lowest BCUT2D eigenvalue weighted by atomic mass is 10.1. The highest BCUT2D eigenvalue weighted by atomic mass is 16.5. The number of amides is 4. The zero-order valence-electron chi connectivity index (χ0n) is 16.3. The van der Waals surface area contributed by atoms with Crippen molar-refractivity contribution in [2.45, 2.75) is 12.5 Å². The molecule has 2 aromatic rings. The molecule has 8 heteroatoms. The van der Waals surface area contributed by atoms with Crippen LogP contribution in [0.25, 0.3) is 0 Å². The van der Waals surface area contributed by atoms with E-state index in [4.69, 9.17) is 9.47 Å². The first-order chi connectivity index (χ1) is 14.0. The summed E-state index contributed by atoms with van der Waals surface area (Å²) in [5.74, 6) is 0.411. The number of benzene rings is 2. The van der Waals surface area contributed by atoms with E-state index in [2.05, 4.69) is 10.6 Å². The van der Waals surface area contributed by atoms with Crippen molar-refractivity contribution in [3.8, 4) is 11.5 Å². The molecule has 1 fully saturated rings. The van der Waals surface area contributed by atoms with E-state index in [0.717, 1.165) is 10.5 Å².